The lowest BCUT2D eigenvalue weighted by atomic mass is 9.94. The molecule has 2 fully saturated rings. The summed E-state index contributed by atoms with van der Waals surface area (Å²) in [7, 11) is 0. The maximum Gasteiger partial charge on any atom is 0.225 e. The number of hydrogen-bond acceptors (Lipinski definition) is 4. The highest BCUT2D eigenvalue weighted by Gasteiger charge is 2.33. The summed E-state index contributed by atoms with van der Waals surface area (Å²) in [5.41, 5.74) is 0. The largest absolute Gasteiger partial charge is 0.353 e. The van der Waals surface area contributed by atoms with Gasteiger partial charge in [0.2, 0.25) is 11.8 Å². The highest BCUT2D eigenvalue weighted by atomic mass is 16.2. The fourth-order valence-electron chi connectivity index (χ4n) is 3.86. The Hall–Kier alpha value is -1.92. The Kier molecular flexibility index (Phi) is 4.02. The lowest BCUT2D eigenvalue weighted by molar-refractivity contribution is -0.130. The molecule has 7 nitrogen and oxygen atoms in total. The average Bonchev–Trinajstić information content (AvgIpc) is 3.30. The second-order valence-corrected chi connectivity index (χ2v) is 7.38. The van der Waals surface area contributed by atoms with Crippen molar-refractivity contribution in [3.05, 3.63) is 11.6 Å². The maximum absolute atomic E-state index is 12.4. The maximum atomic E-state index is 12.4. The van der Waals surface area contributed by atoms with E-state index in [2.05, 4.69) is 20.1 Å². The third kappa shape index (κ3) is 3.03. The van der Waals surface area contributed by atoms with Crippen LogP contribution in [0.1, 0.15) is 56.6 Å². The zero-order valence-electron chi connectivity index (χ0n) is 14.2. The van der Waals surface area contributed by atoms with Crippen molar-refractivity contribution in [1.29, 1.82) is 0 Å². The van der Waals surface area contributed by atoms with Crippen molar-refractivity contribution in [3.63, 3.8) is 0 Å². The van der Waals surface area contributed by atoms with Crippen molar-refractivity contribution in [2.75, 3.05) is 13.1 Å². The molecule has 1 aromatic rings. The van der Waals surface area contributed by atoms with Crippen LogP contribution < -0.4 is 5.32 Å². The van der Waals surface area contributed by atoms with Crippen molar-refractivity contribution in [2.24, 2.45) is 5.92 Å². The van der Waals surface area contributed by atoms with Crippen LogP contribution in [-0.2, 0) is 22.6 Å². The molecule has 3 heterocycles. The summed E-state index contributed by atoms with van der Waals surface area (Å²) in [5.74, 6) is 2.73. The van der Waals surface area contributed by atoms with Gasteiger partial charge in [-0.1, -0.05) is 0 Å². The van der Waals surface area contributed by atoms with Crippen molar-refractivity contribution in [2.45, 2.75) is 64.0 Å². The average molecular weight is 331 g/mol. The molecule has 2 amide bonds. The van der Waals surface area contributed by atoms with E-state index in [1.807, 2.05) is 4.90 Å². The first-order chi connectivity index (χ1) is 11.6. The summed E-state index contributed by atoms with van der Waals surface area (Å²) < 4.78 is 2.18. The summed E-state index contributed by atoms with van der Waals surface area (Å²) in [6.45, 7) is 3.90. The van der Waals surface area contributed by atoms with E-state index < -0.39 is 0 Å². The molecule has 2 aliphatic heterocycles. The predicted molar refractivity (Wildman–Crippen MR) is 87.2 cm³/mol. The second kappa shape index (κ2) is 6.18. The number of rotatable bonds is 3. The van der Waals surface area contributed by atoms with Crippen molar-refractivity contribution >= 4 is 11.8 Å². The van der Waals surface area contributed by atoms with Crippen molar-refractivity contribution < 1.29 is 9.59 Å². The van der Waals surface area contributed by atoms with E-state index in [0.29, 0.717) is 18.5 Å². The van der Waals surface area contributed by atoms with Gasteiger partial charge in [0.05, 0.1) is 5.92 Å². The van der Waals surface area contributed by atoms with Gasteiger partial charge in [0, 0.05) is 44.9 Å². The van der Waals surface area contributed by atoms with E-state index in [1.54, 1.807) is 6.92 Å². The van der Waals surface area contributed by atoms with Crippen molar-refractivity contribution in [3.8, 4) is 0 Å². The first kappa shape index (κ1) is 15.6. The molecular weight excluding hydrogens is 306 g/mol. The minimum absolute atomic E-state index is 0.0326. The molecule has 130 valence electrons. The van der Waals surface area contributed by atoms with Gasteiger partial charge in [-0.2, -0.15) is 0 Å². The molecule has 3 aliphatic rings. The van der Waals surface area contributed by atoms with Crippen LogP contribution in [0.15, 0.2) is 0 Å². The summed E-state index contributed by atoms with van der Waals surface area (Å²) in [5, 5.41) is 11.9. The molecule has 0 aromatic carbocycles. The van der Waals surface area contributed by atoms with E-state index in [-0.39, 0.29) is 17.7 Å². The zero-order chi connectivity index (χ0) is 16.7. The molecule has 1 aliphatic carbocycles. The SMILES string of the molecule is CC(=O)N1CCC(c2nnc3n2C[C@H](C(=O)NC2CC2)CC3)CC1. The Morgan fingerprint density at radius 1 is 1.08 bits per heavy atom. The smallest absolute Gasteiger partial charge is 0.225 e. The van der Waals surface area contributed by atoms with Crippen LogP contribution in [0.5, 0.6) is 0 Å². The minimum atomic E-state index is 0.0326. The van der Waals surface area contributed by atoms with Gasteiger partial charge in [0.25, 0.3) is 0 Å². The third-order valence-corrected chi connectivity index (χ3v) is 5.58. The summed E-state index contributed by atoms with van der Waals surface area (Å²) in [6.07, 6.45) is 5.78. The monoisotopic (exact) mass is 331 g/mol. The van der Waals surface area contributed by atoms with Gasteiger partial charge < -0.3 is 14.8 Å². The third-order valence-electron chi connectivity index (χ3n) is 5.58. The number of likely N-dealkylation sites (tertiary alicyclic amines) is 1. The van der Waals surface area contributed by atoms with E-state index in [4.69, 9.17) is 0 Å². The molecule has 0 bridgehead atoms. The lowest BCUT2D eigenvalue weighted by Crippen LogP contribution is -2.39. The summed E-state index contributed by atoms with van der Waals surface area (Å²) >= 11 is 0. The molecule has 1 atom stereocenters. The van der Waals surface area contributed by atoms with Crippen LogP contribution >= 0.6 is 0 Å². The molecule has 1 N–H and O–H groups in total. The van der Waals surface area contributed by atoms with Gasteiger partial charge in [-0.05, 0) is 32.1 Å². The number of fused-ring (bicyclic) bond motifs is 1. The Morgan fingerprint density at radius 2 is 1.83 bits per heavy atom. The number of amides is 2. The molecule has 1 saturated carbocycles. The second-order valence-electron chi connectivity index (χ2n) is 7.38. The normalized spacial score (nSPS) is 24.5. The van der Waals surface area contributed by atoms with Gasteiger partial charge in [-0.15, -0.1) is 10.2 Å². The van der Waals surface area contributed by atoms with Gasteiger partial charge in [0.15, 0.2) is 0 Å². The number of nitrogens with zero attached hydrogens (tertiary/aromatic N) is 4. The van der Waals surface area contributed by atoms with E-state index in [9.17, 15) is 9.59 Å². The number of hydrogen-bond donors (Lipinski definition) is 1. The molecule has 0 radical (unpaired) electrons. The van der Waals surface area contributed by atoms with Crippen LogP contribution in [0.25, 0.3) is 0 Å². The summed E-state index contributed by atoms with van der Waals surface area (Å²) in [6, 6.07) is 0.412. The van der Waals surface area contributed by atoms with E-state index >= 15 is 0 Å². The van der Waals surface area contributed by atoms with Gasteiger partial charge in [-0.3, -0.25) is 9.59 Å². The number of carbonyl (C=O) groups is 2. The Labute approximate surface area is 141 Å². The molecule has 0 unspecified atom stereocenters. The standard InChI is InChI=1S/C17H25N5O2/c1-11(23)21-8-6-12(7-9-21)16-20-19-15-5-2-13(10-22(15)16)17(24)18-14-3-4-14/h12-14H,2-10H2,1H3,(H,18,24)/t13-/m1/s1. The number of piperidine rings is 1. The number of nitrogens with one attached hydrogen (secondary N) is 1. The molecule has 7 heteroatoms. The topological polar surface area (TPSA) is 80.1 Å². The van der Waals surface area contributed by atoms with Gasteiger partial charge >= 0.3 is 0 Å². The van der Waals surface area contributed by atoms with Gasteiger partial charge in [0.1, 0.15) is 11.6 Å². The van der Waals surface area contributed by atoms with Crippen LogP contribution in [0.2, 0.25) is 0 Å². The first-order valence-corrected chi connectivity index (χ1v) is 9.09. The molecular formula is C17H25N5O2. The molecule has 1 aromatic heterocycles. The van der Waals surface area contributed by atoms with Crippen molar-refractivity contribution in [1.82, 2.24) is 25.0 Å². The molecule has 24 heavy (non-hydrogen) atoms. The quantitative estimate of drug-likeness (QED) is 0.890. The minimum Gasteiger partial charge on any atom is -0.353 e. The molecule has 1 saturated heterocycles. The zero-order valence-corrected chi connectivity index (χ0v) is 14.2. The Morgan fingerprint density at radius 3 is 2.50 bits per heavy atom. The number of aryl methyl sites for hydroxylation is 1. The van der Waals surface area contributed by atoms with Crippen LogP contribution in [0.4, 0.5) is 0 Å². The fourth-order valence-corrected chi connectivity index (χ4v) is 3.86. The number of aromatic nitrogens is 3. The van der Waals surface area contributed by atoms with Crippen LogP contribution in [-0.4, -0.2) is 50.6 Å². The van der Waals surface area contributed by atoms with E-state index in [1.165, 1.54) is 0 Å². The summed E-state index contributed by atoms with van der Waals surface area (Å²) in [4.78, 5) is 25.8. The van der Waals surface area contributed by atoms with Gasteiger partial charge in [-0.25, -0.2) is 0 Å². The number of carbonyl (C=O) groups excluding carboxylic acids is 2. The Balaban J connectivity index is 1.44. The Bertz CT molecular complexity index is 643. The van der Waals surface area contributed by atoms with Crippen LogP contribution in [0, 0.1) is 5.92 Å². The lowest BCUT2D eigenvalue weighted by Gasteiger charge is -2.32. The first-order valence-electron chi connectivity index (χ1n) is 9.09. The molecule has 0 spiro atoms. The highest BCUT2D eigenvalue weighted by Crippen LogP contribution is 2.30. The molecule has 4 rings (SSSR count). The fraction of sp³-hybridized carbons (Fsp3) is 0.765. The highest BCUT2D eigenvalue weighted by molar-refractivity contribution is 5.79. The van der Waals surface area contributed by atoms with E-state index in [0.717, 1.165) is 63.3 Å². The predicted octanol–water partition coefficient (Wildman–Crippen LogP) is 0.845. The van der Waals surface area contributed by atoms with Crippen LogP contribution in [0.3, 0.4) is 0 Å².